The number of non-ortho nitro benzene ring substituents is 1. The number of carbonyl (C=O) groups is 3. The first-order valence-corrected chi connectivity index (χ1v) is 9.57. The molecule has 1 heterocycles. The van der Waals surface area contributed by atoms with Crippen molar-refractivity contribution >= 4 is 46.3 Å². The van der Waals surface area contributed by atoms with Crippen molar-refractivity contribution in [2.75, 3.05) is 11.9 Å². The van der Waals surface area contributed by atoms with Crippen molar-refractivity contribution < 1.29 is 24.4 Å². The van der Waals surface area contributed by atoms with Crippen LogP contribution in [-0.2, 0) is 9.59 Å². The molecule has 0 bridgehead atoms. The number of nitro benzene ring substituents is 1. The summed E-state index contributed by atoms with van der Waals surface area (Å²) in [5.41, 5.74) is 2.35. The van der Waals surface area contributed by atoms with Gasteiger partial charge in [-0.05, 0) is 61.0 Å². The molecule has 0 radical (unpaired) electrons. The lowest BCUT2D eigenvalue weighted by Crippen LogP contribution is -2.36. The molecule has 1 saturated heterocycles. The molecule has 0 saturated carbocycles. The largest absolute Gasteiger partial charge is 0.507 e. The lowest BCUT2D eigenvalue weighted by atomic mass is 10.1. The number of benzene rings is 2. The van der Waals surface area contributed by atoms with Gasteiger partial charge >= 0.3 is 0 Å². The van der Waals surface area contributed by atoms with Crippen LogP contribution in [0.1, 0.15) is 16.7 Å². The van der Waals surface area contributed by atoms with Crippen LogP contribution in [0.25, 0.3) is 6.08 Å². The van der Waals surface area contributed by atoms with Gasteiger partial charge in [-0.15, -0.1) is 0 Å². The van der Waals surface area contributed by atoms with Crippen LogP contribution in [0, 0.1) is 24.0 Å². The third-order valence-corrected chi connectivity index (χ3v) is 5.38. The third kappa shape index (κ3) is 4.49. The number of aryl methyl sites for hydroxylation is 2. The molecule has 9 nitrogen and oxygen atoms in total. The van der Waals surface area contributed by atoms with Crippen LogP contribution in [0.4, 0.5) is 16.2 Å². The Bertz CT molecular complexity index is 1110. The minimum atomic E-state index is -0.717. The van der Waals surface area contributed by atoms with Crippen molar-refractivity contribution in [1.29, 1.82) is 0 Å². The number of imide groups is 1. The van der Waals surface area contributed by atoms with Crippen molar-refractivity contribution in [2.24, 2.45) is 0 Å². The fraction of sp³-hybridized carbons (Fsp3) is 0.150. The molecule has 154 valence electrons. The van der Waals surface area contributed by atoms with E-state index in [9.17, 15) is 29.6 Å². The van der Waals surface area contributed by atoms with Crippen LogP contribution >= 0.6 is 11.8 Å². The van der Waals surface area contributed by atoms with Gasteiger partial charge in [0.15, 0.2) is 0 Å². The number of phenols is 1. The first-order valence-electron chi connectivity index (χ1n) is 8.75. The number of rotatable bonds is 5. The number of nitro groups is 1. The zero-order valence-corrected chi connectivity index (χ0v) is 16.9. The Kier molecular flexibility index (Phi) is 5.88. The smallest absolute Gasteiger partial charge is 0.294 e. The topological polar surface area (TPSA) is 130 Å². The molecule has 3 amide bonds. The van der Waals surface area contributed by atoms with Crippen molar-refractivity contribution in [3.8, 4) is 5.75 Å². The van der Waals surface area contributed by atoms with Crippen LogP contribution in [0.3, 0.4) is 0 Å². The summed E-state index contributed by atoms with van der Waals surface area (Å²) in [4.78, 5) is 48.1. The van der Waals surface area contributed by atoms with E-state index in [1.807, 2.05) is 19.9 Å². The number of phenolic OH excluding ortho intramolecular Hbond substituents is 1. The van der Waals surface area contributed by atoms with E-state index in [-0.39, 0.29) is 21.9 Å². The molecule has 30 heavy (non-hydrogen) atoms. The maximum atomic E-state index is 12.6. The third-order valence-electron chi connectivity index (χ3n) is 4.47. The molecule has 0 aliphatic carbocycles. The Hall–Kier alpha value is -3.66. The molecule has 0 aromatic heterocycles. The second-order valence-electron chi connectivity index (χ2n) is 6.62. The lowest BCUT2D eigenvalue weighted by Gasteiger charge is -2.13. The number of anilines is 1. The number of amides is 3. The van der Waals surface area contributed by atoms with Crippen LogP contribution in [0.5, 0.6) is 5.75 Å². The van der Waals surface area contributed by atoms with Gasteiger partial charge in [0.2, 0.25) is 5.91 Å². The molecule has 0 unspecified atom stereocenters. The van der Waals surface area contributed by atoms with Gasteiger partial charge in [0.25, 0.3) is 16.8 Å². The summed E-state index contributed by atoms with van der Waals surface area (Å²) >= 11 is 0.590. The number of hydrogen-bond acceptors (Lipinski definition) is 7. The van der Waals surface area contributed by atoms with Gasteiger partial charge in [-0.1, -0.05) is 6.07 Å². The molecule has 2 aromatic rings. The average Bonchev–Trinajstić information content (AvgIpc) is 2.93. The van der Waals surface area contributed by atoms with Gasteiger partial charge in [0.1, 0.15) is 12.3 Å². The Morgan fingerprint density at radius 3 is 2.60 bits per heavy atom. The second-order valence-corrected chi connectivity index (χ2v) is 7.61. The summed E-state index contributed by atoms with van der Waals surface area (Å²) in [5, 5.41) is 22.8. The monoisotopic (exact) mass is 427 g/mol. The van der Waals surface area contributed by atoms with E-state index in [1.165, 1.54) is 6.08 Å². The van der Waals surface area contributed by atoms with Gasteiger partial charge in [0.05, 0.1) is 9.83 Å². The van der Waals surface area contributed by atoms with E-state index in [0.29, 0.717) is 17.4 Å². The molecule has 2 N–H and O–H groups in total. The van der Waals surface area contributed by atoms with E-state index < -0.39 is 28.5 Å². The maximum Gasteiger partial charge on any atom is 0.294 e. The van der Waals surface area contributed by atoms with Crippen LogP contribution in [0.15, 0.2) is 41.3 Å². The van der Waals surface area contributed by atoms with E-state index in [4.69, 9.17) is 0 Å². The fourth-order valence-corrected chi connectivity index (χ4v) is 3.54. The van der Waals surface area contributed by atoms with Gasteiger partial charge < -0.3 is 10.4 Å². The molecule has 1 fully saturated rings. The number of hydrogen-bond donors (Lipinski definition) is 2. The highest BCUT2D eigenvalue weighted by Crippen LogP contribution is 2.34. The molecule has 0 atom stereocenters. The molecule has 0 spiro atoms. The predicted octanol–water partition coefficient (Wildman–Crippen LogP) is 3.59. The first kappa shape index (κ1) is 21.1. The van der Waals surface area contributed by atoms with Crippen LogP contribution in [0.2, 0.25) is 0 Å². The van der Waals surface area contributed by atoms with Gasteiger partial charge in [-0.25, -0.2) is 0 Å². The zero-order valence-electron chi connectivity index (χ0n) is 16.0. The number of nitrogens with zero attached hydrogens (tertiary/aromatic N) is 2. The Balaban J connectivity index is 1.75. The van der Waals surface area contributed by atoms with E-state index in [1.54, 1.807) is 12.1 Å². The molecule has 2 aromatic carbocycles. The molecular formula is C20H17N3O6S. The molecule has 1 aliphatic rings. The summed E-state index contributed by atoms with van der Waals surface area (Å²) in [5.74, 6) is -1.54. The summed E-state index contributed by atoms with van der Waals surface area (Å²) in [7, 11) is 0. The van der Waals surface area contributed by atoms with Crippen molar-refractivity contribution in [3.63, 3.8) is 0 Å². The lowest BCUT2D eigenvalue weighted by molar-refractivity contribution is -0.384. The molecule has 3 rings (SSSR count). The summed E-state index contributed by atoms with van der Waals surface area (Å²) in [6, 6.07) is 8.70. The highest BCUT2D eigenvalue weighted by Gasteiger charge is 2.36. The SMILES string of the molecule is Cc1ccc(NC(=O)CN2C(=O)S/C(=C/c3cc([N+](=O)[O-])ccc3O)C2=O)cc1C. The predicted molar refractivity (Wildman–Crippen MR) is 112 cm³/mol. The summed E-state index contributed by atoms with van der Waals surface area (Å²) in [6.07, 6.45) is 1.19. The highest BCUT2D eigenvalue weighted by atomic mass is 32.2. The maximum absolute atomic E-state index is 12.6. The standard InChI is InChI=1S/C20H17N3O6S/c1-11-3-4-14(7-12(11)2)21-18(25)10-22-19(26)17(30-20(22)27)9-13-8-15(23(28)29)5-6-16(13)24/h3-9,24H,10H2,1-2H3,(H,21,25)/b17-9+. The Morgan fingerprint density at radius 2 is 1.93 bits per heavy atom. The number of carbonyl (C=O) groups excluding carboxylic acids is 3. The Morgan fingerprint density at radius 1 is 1.20 bits per heavy atom. The normalized spacial score (nSPS) is 15.0. The minimum Gasteiger partial charge on any atom is -0.507 e. The van der Waals surface area contributed by atoms with Crippen LogP contribution in [-0.4, -0.2) is 38.5 Å². The van der Waals surface area contributed by atoms with E-state index in [2.05, 4.69) is 5.32 Å². The van der Waals surface area contributed by atoms with Crippen molar-refractivity contribution in [2.45, 2.75) is 13.8 Å². The molecule has 10 heteroatoms. The van der Waals surface area contributed by atoms with E-state index >= 15 is 0 Å². The second kappa shape index (κ2) is 8.37. The van der Waals surface area contributed by atoms with E-state index in [0.717, 1.165) is 34.2 Å². The highest BCUT2D eigenvalue weighted by molar-refractivity contribution is 8.18. The number of aromatic hydroxyl groups is 1. The quantitative estimate of drug-likeness (QED) is 0.424. The number of nitrogens with one attached hydrogen (secondary N) is 1. The summed E-state index contributed by atoms with van der Waals surface area (Å²) < 4.78 is 0. The van der Waals surface area contributed by atoms with Gasteiger partial charge in [-0.3, -0.25) is 29.4 Å². The minimum absolute atomic E-state index is 0.0225. The Labute approximate surface area is 175 Å². The summed E-state index contributed by atoms with van der Waals surface area (Å²) in [6.45, 7) is 3.36. The number of thioether (sulfide) groups is 1. The van der Waals surface area contributed by atoms with Gasteiger partial charge in [0, 0.05) is 23.4 Å². The zero-order chi connectivity index (χ0) is 22.0. The van der Waals surface area contributed by atoms with Crippen LogP contribution < -0.4 is 5.32 Å². The average molecular weight is 427 g/mol. The first-order chi connectivity index (χ1) is 14.2. The molecule has 1 aliphatic heterocycles. The molecular weight excluding hydrogens is 410 g/mol. The van der Waals surface area contributed by atoms with Crippen molar-refractivity contribution in [1.82, 2.24) is 4.90 Å². The van der Waals surface area contributed by atoms with Gasteiger partial charge in [-0.2, -0.15) is 0 Å². The van der Waals surface area contributed by atoms with Crippen molar-refractivity contribution in [3.05, 3.63) is 68.1 Å². The fourth-order valence-electron chi connectivity index (χ4n) is 2.71.